The normalized spacial score (nSPS) is 11.8. The average molecular weight is 239 g/mol. The molecule has 0 saturated carbocycles. The first-order chi connectivity index (χ1) is 7.41. The Bertz CT molecular complexity index is 669. The first-order valence-corrected chi connectivity index (χ1v) is 6.34. The quantitative estimate of drug-likeness (QED) is 0.819. The van der Waals surface area contributed by atoms with Crippen molar-refractivity contribution >= 4 is 26.8 Å². The standard InChI is InChI=1S/C10H9NO4S/c1-16(14,15)9-6-11(10(12)13)8-5-3-2-4-7(8)9/h2-6H,1H3,(H,12,13). The van der Waals surface area contributed by atoms with Gasteiger partial charge in [0.05, 0.1) is 10.4 Å². The van der Waals surface area contributed by atoms with Crippen LogP contribution < -0.4 is 0 Å². The van der Waals surface area contributed by atoms with Gasteiger partial charge in [-0.2, -0.15) is 0 Å². The molecule has 5 nitrogen and oxygen atoms in total. The number of carboxylic acid groups (broad SMARTS) is 1. The fraction of sp³-hybridized carbons (Fsp3) is 0.100. The maximum Gasteiger partial charge on any atom is 0.416 e. The molecule has 2 rings (SSSR count). The van der Waals surface area contributed by atoms with E-state index in [0.717, 1.165) is 17.0 Å². The van der Waals surface area contributed by atoms with Crippen LogP contribution in [0.1, 0.15) is 0 Å². The first-order valence-electron chi connectivity index (χ1n) is 4.44. The van der Waals surface area contributed by atoms with E-state index in [1.807, 2.05) is 0 Å². The third kappa shape index (κ3) is 1.57. The van der Waals surface area contributed by atoms with Crippen LogP contribution in [0, 0.1) is 0 Å². The van der Waals surface area contributed by atoms with Gasteiger partial charge in [0.1, 0.15) is 0 Å². The van der Waals surface area contributed by atoms with Crippen LogP contribution in [0.2, 0.25) is 0 Å². The third-order valence-corrected chi connectivity index (χ3v) is 3.41. The van der Waals surface area contributed by atoms with Crippen LogP contribution in [0.15, 0.2) is 35.4 Å². The summed E-state index contributed by atoms with van der Waals surface area (Å²) >= 11 is 0. The SMILES string of the molecule is CS(=O)(=O)c1cn(C(=O)O)c2ccccc12. The highest BCUT2D eigenvalue weighted by Gasteiger charge is 2.18. The van der Waals surface area contributed by atoms with Crippen molar-refractivity contribution in [3.63, 3.8) is 0 Å². The van der Waals surface area contributed by atoms with E-state index in [2.05, 4.69) is 0 Å². The van der Waals surface area contributed by atoms with E-state index in [0.29, 0.717) is 10.9 Å². The molecule has 0 amide bonds. The van der Waals surface area contributed by atoms with Crippen LogP contribution in [0.5, 0.6) is 0 Å². The second-order valence-corrected chi connectivity index (χ2v) is 5.42. The van der Waals surface area contributed by atoms with Gasteiger partial charge in [0, 0.05) is 17.8 Å². The number of aromatic nitrogens is 1. The smallest absolute Gasteiger partial charge is 0.416 e. The molecule has 1 N–H and O–H groups in total. The minimum Gasteiger partial charge on any atom is -0.464 e. The van der Waals surface area contributed by atoms with Crippen LogP contribution in [-0.4, -0.2) is 30.4 Å². The van der Waals surface area contributed by atoms with Crippen molar-refractivity contribution in [2.75, 3.05) is 6.26 Å². The van der Waals surface area contributed by atoms with E-state index < -0.39 is 15.9 Å². The lowest BCUT2D eigenvalue weighted by Gasteiger charge is -1.95. The summed E-state index contributed by atoms with van der Waals surface area (Å²) in [5, 5.41) is 9.35. The average Bonchev–Trinajstić information content (AvgIpc) is 2.56. The number of fused-ring (bicyclic) bond motifs is 1. The highest BCUT2D eigenvalue weighted by Crippen LogP contribution is 2.24. The second-order valence-electron chi connectivity index (χ2n) is 3.44. The summed E-state index contributed by atoms with van der Waals surface area (Å²) in [5.41, 5.74) is 0.371. The van der Waals surface area contributed by atoms with Crippen molar-refractivity contribution in [2.24, 2.45) is 0 Å². The first kappa shape index (κ1) is 10.7. The number of para-hydroxylation sites is 1. The zero-order valence-corrected chi connectivity index (χ0v) is 9.23. The molecule has 0 aliphatic rings. The number of hydrogen-bond acceptors (Lipinski definition) is 3. The number of rotatable bonds is 1. The van der Waals surface area contributed by atoms with E-state index in [4.69, 9.17) is 5.11 Å². The van der Waals surface area contributed by atoms with E-state index in [1.165, 1.54) is 0 Å². The van der Waals surface area contributed by atoms with Crippen molar-refractivity contribution in [1.82, 2.24) is 4.57 Å². The largest absolute Gasteiger partial charge is 0.464 e. The van der Waals surface area contributed by atoms with Crippen molar-refractivity contribution in [3.8, 4) is 0 Å². The van der Waals surface area contributed by atoms with Gasteiger partial charge in [-0.1, -0.05) is 18.2 Å². The second kappa shape index (κ2) is 3.34. The van der Waals surface area contributed by atoms with Gasteiger partial charge in [-0.25, -0.2) is 13.2 Å². The summed E-state index contributed by atoms with van der Waals surface area (Å²) in [5.74, 6) is 0. The summed E-state index contributed by atoms with van der Waals surface area (Å²) in [7, 11) is -3.43. The molecule has 0 aliphatic carbocycles. The molecule has 1 heterocycles. The fourth-order valence-corrected chi connectivity index (χ4v) is 2.47. The Balaban J connectivity index is 2.93. The van der Waals surface area contributed by atoms with Gasteiger partial charge < -0.3 is 5.11 Å². The Morgan fingerprint density at radius 3 is 2.50 bits per heavy atom. The molecular weight excluding hydrogens is 230 g/mol. The van der Waals surface area contributed by atoms with Gasteiger partial charge in [0.25, 0.3) is 0 Å². The van der Waals surface area contributed by atoms with Crippen LogP contribution >= 0.6 is 0 Å². The van der Waals surface area contributed by atoms with Gasteiger partial charge in [-0.3, -0.25) is 4.57 Å². The molecule has 0 atom stereocenters. The Hall–Kier alpha value is -1.82. The highest BCUT2D eigenvalue weighted by atomic mass is 32.2. The van der Waals surface area contributed by atoms with E-state index in [-0.39, 0.29) is 4.90 Å². The molecule has 0 saturated heterocycles. The van der Waals surface area contributed by atoms with Crippen LogP contribution in [0.3, 0.4) is 0 Å². The number of carbonyl (C=O) groups is 1. The number of sulfone groups is 1. The molecule has 0 spiro atoms. The Kier molecular flexibility index (Phi) is 2.23. The molecule has 1 aromatic carbocycles. The maximum atomic E-state index is 11.5. The summed E-state index contributed by atoms with van der Waals surface area (Å²) in [6.07, 6.45) is 0.981. The minimum atomic E-state index is -3.43. The van der Waals surface area contributed by atoms with Crippen molar-refractivity contribution in [1.29, 1.82) is 0 Å². The molecule has 1 aromatic heterocycles. The lowest BCUT2D eigenvalue weighted by Crippen LogP contribution is -2.05. The molecule has 2 aromatic rings. The highest BCUT2D eigenvalue weighted by molar-refractivity contribution is 7.91. The van der Waals surface area contributed by atoms with Gasteiger partial charge in [-0.15, -0.1) is 0 Å². The van der Waals surface area contributed by atoms with Crippen molar-refractivity contribution < 1.29 is 18.3 Å². The summed E-state index contributed by atoms with van der Waals surface area (Å²) in [6, 6.07) is 6.49. The number of hydrogen-bond donors (Lipinski definition) is 1. The summed E-state index contributed by atoms with van der Waals surface area (Å²) in [6.45, 7) is 0. The van der Waals surface area contributed by atoms with Crippen LogP contribution in [0.25, 0.3) is 10.9 Å². The lowest BCUT2D eigenvalue weighted by molar-refractivity contribution is 0.197. The fourth-order valence-electron chi connectivity index (χ4n) is 1.60. The molecule has 0 fully saturated rings. The number of nitrogens with zero attached hydrogens (tertiary/aromatic N) is 1. The summed E-state index contributed by atoms with van der Waals surface area (Å²) in [4.78, 5) is 11.0. The lowest BCUT2D eigenvalue weighted by atomic mass is 10.2. The predicted octanol–water partition coefficient (Wildman–Crippen LogP) is 1.57. The van der Waals surface area contributed by atoms with Crippen LogP contribution in [0.4, 0.5) is 4.79 Å². The Morgan fingerprint density at radius 2 is 1.94 bits per heavy atom. The van der Waals surface area contributed by atoms with Crippen LogP contribution in [-0.2, 0) is 9.84 Å². The van der Waals surface area contributed by atoms with Crippen molar-refractivity contribution in [3.05, 3.63) is 30.5 Å². The Labute approximate surface area is 91.8 Å². The van der Waals surface area contributed by atoms with Crippen molar-refractivity contribution in [2.45, 2.75) is 4.90 Å². The molecule has 16 heavy (non-hydrogen) atoms. The maximum absolute atomic E-state index is 11.5. The third-order valence-electron chi connectivity index (χ3n) is 2.28. The molecular formula is C10H9NO4S. The molecule has 0 radical (unpaired) electrons. The number of benzene rings is 1. The zero-order valence-electron chi connectivity index (χ0n) is 8.41. The minimum absolute atomic E-state index is 0.0329. The molecule has 0 unspecified atom stereocenters. The molecule has 6 heteroatoms. The predicted molar refractivity (Wildman–Crippen MR) is 58.5 cm³/mol. The molecule has 0 bridgehead atoms. The molecule has 0 aliphatic heterocycles. The van der Waals surface area contributed by atoms with E-state index in [9.17, 15) is 13.2 Å². The van der Waals surface area contributed by atoms with Gasteiger partial charge in [0.2, 0.25) is 0 Å². The summed E-state index contributed by atoms with van der Waals surface area (Å²) < 4.78 is 23.9. The zero-order chi connectivity index (χ0) is 11.9. The van der Waals surface area contributed by atoms with Gasteiger partial charge in [-0.05, 0) is 6.07 Å². The van der Waals surface area contributed by atoms with Gasteiger partial charge in [0.15, 0.2) is 9.84 Å². The molecule has 84 valence electrons. The monoisotopic (exact) mass is 239 g/mol. The van der Waals surface area contributed by atoms with E-state index >= 15 is 0 Å². The van der Waals surface area contributed by atoms with Gasteiger partial charge >= 0.3 is 6.09 Å². The topological polar surface area (TPSA) is 76.4 Å². The van der Waals surface area contributed by atoms with E-state index in [1.54, 1.807) is 24.3 Å². The Morgan fingerprint density at radius 1 is 1.31 bits per heavy atom.